The first-order valence-electron chi connectivity index (χ1n) is 5.04. The van der Waals surface area contributed by atoms with Gasteiger partial charge in [-0.05, 0) is 50.8 Å². The molecule has 0 radical (unpaired) electrons. The van der Waals surface area contributed by atoms with Crippen LogP contribution < -0.4 is 10.6 Å². The molecule has 82 valence electrons. The standard InChI is InChI=1S/C10H13Br2N3/c11-7-5-9(12)10(15-6-7)14-4-3-13-8-1-2-8/h5-6,8,13H,1-4H2,(H,14,15). The molecule has 0 atom stereocenters. The van der Waals surface area contributed by atoms with Gasteiger partial charge in [0.15, 0.2) is 0 Å². The Labute approximate surface area is 106 Å². The molecule has 1 heterocycles. The molecule has 0 aromatic carbocycles. The van der Waals surface area contributed by atoms with Crippen LogP contribution in [0.3, 0.4) is 0 Å². The average molecular weight is 335 g/mol. The number of halogens is 2. The Kier molecular flexibility index (Phi) is 3.99. The summed E-state index contributed by atoms with van der Waals surface area (Å²) in [7, 11) is 0. The van der Waals surface area contributed by atoms with E-state index in [0.717, 1.165) is 33.9 Å². The smallest absolute Gasteiger partial charge is 0.140 e. The first-order chi connectivity index (χ1) is 7.25. The normalized spacial score (nSPS) is 15.3. The SMILES string of the molecule is Brc1cnc(NCCNC2CC2)c(Br)c1. The van der Waals surface area contributed by atoms with Gasteiger partial charge in [0.1, 0.15) is 5.82 Å². The second kappa shape index (κ2) is 5.27. The molecule has 0 aliphatic heterocycles. The number of nitrogens with zero attached hydrogens (tertiary/aromatic N) is 1. The van der Waals surface area contributed by atoms with Crippen molar-refractivity contribution in [2.45, 2.75) is 18.9 Å². The minimum absolute atomic E-state index is 0.771. The van der Waals surface area contributed by atoms with Crippen LogP contribution in [0.1, 0.15) is 12.8 Å². The van der Waals surface area contributed by atoms with Gasteiger partial charge in [-0.2, -0.15) is 0 Å². The summed E-state index contributed by atoms with van der Waals surface area (Å²) in [5, 5.41) is 6.72. The lowest BCUT2D eigenvalue weighted by molar-refractivity contribution is 0.700. The molecule has 1 aromatic heterocycles. The molecule has 1 fully saturated rings. The van der Waals surface area contributed by atoms with E-state index in [1.54, 1.807) is 6.20 Å². The van der Waals surface area contributed by atoms with Crippen molar-refractivity contribution in [1.29, 1.82) is 0 Å². The molecule has 0 saturated heterocycles. The fraction of sp³-hybridized carbons (Fsp3) is 0.500. The highest BCUT2D eigenvalue weighted by Crippen LogP contribution is 2.23. The van der Waals surface area contributed by atoms with Crippen LogP contribution in [0, 0.1) is 0 Å². The van der Waals surface area contributed by atoms with Gasteiger partial charge in [-0.15, -0.1) is 0 Å². The molecule has 15 heavy (non-hydrogen) atoms. The Bertz CT molecular complexity index is 339. The van der Waals surface area contributed by atoms with E-state index in [1.807, 2.05) is 6.07 Å². The second-order valence-electron chi connectivity index (χ2n) is 3.64. The van der Waals surface area contributed by atoms with Crippen molar-refractivity contribution >= 4 is 37.7 Å². The van der Waals surface area contributed by atoms with Crippen LogP contribution in [0.5, 0.6) is 0 Å². The summed E-state index contributed by atoms with van der Waals surface area (Å²) in [6, 6.07) is 2.76. The highest BCUT2D eigenvalue weighted by Gasteiger charge is 2.19. The summed E-state index contributed by atoms with van der Waals surface area (Å²) in [5.74, 6) is 0.899. The molecule has 5 heteroatoms. The zero-order valence-corrected chi connectivity index (χ0v) is 11.4. The maximum absolute atomic E-state index is 4.28. The largest absolute Gasteiger partial charge is 0.368 e. The summed E-state index contributed by atoms with van der Waals surface area (Å²) in [6.07, 6.45) is 4.46. The van der Waals surface area contributed by atoms with Crippen LogP contribution in [-0.2, 0) is 0 Å². The van der Waals surface area contributed by atoms with E-state index in [0.29, 0.717) is 0 Å². The maximum Gasteiger partial charge on any atom is 0.140 e. The van der Waals surface area contributed by atoms with Crippen molar-refractivity contribution < 1.29 is 0 Å². The fourth-order valence-electron chi connectivity index (χ4n) is 1.29. The molecule has 1 saturated carbocycles. The molecule has 2 N–H and O–H groups in total. The number of pyridine rings is 1. The number of hydrogen-bond acceptors (Lipinski definition) is 3. The van der Waals surface area contributed by atoms with E-state index in [1.165, 1.54) is 12.8 Å². The number of rotatable bonds is 5. The molecule has 0 unspecified atom stereocenters. The van der Waals surface area contributed by atoms with Gasteiger partial charge < -0.3 is 10.6 Å². The summed E-state index contributed by atoms with van der Waals surface area (Å²) >= 11 is 6.84. The minimum atomic E-state index is 0.771. The fourth-order valence-corrected chi connectivity index (χ4v) is 2.42. The maximum atomic E-state index is 4.28. The highest BCUT2D eigenvalue weighted by atomic mass is 79.9. The topological polar surface area (TPSA) is 37.0 Å². The Morgan fingerprint density at radius 2 is 2.13 bits per heavy atom. The Balaban J connectivity index is 1.76. The predicted octanol–water partition coefficient (Wildman–Crippen LogP) is 2.77. The van der Waals surface area contributed by atoms with Gasteiger partial charge in [-0.3, -0.25) is 0 Å². The second-order valence-corrected chi connectivity index (χ2v) is 5.41. The number of aromatic nitrogens is 1. The third-order valence-corrected chi connectivity index (χ3v) is 3.27. The molecule has 1 aromatic rings. The Hall–Kier alpha value is -0.130. The predicted molar refractivity (Wildman–Crippen MR) is 69.2 cm³/mol. The van der Waals surface area contributed by atoms with E-state index >= 15 is 0 Å². The number of nitrogens with one attached hydrogen (secondary N) is 2. The van der Waals surface area contributed by atoms with Gasteiger partial charge >= 0.3 is 0 Å². The van der Waals surface area contributed by atoms with Crippen molar-refractivity contribution in [3.63, 3.8) is 0 Å². The average Bonchev–Trinajstić information content (AvgIpc) is 2.99. The molecule has 1 aliphatic rings. The van der Waals surface area contributed by atoms with E-state index in [4.69, 9.17) is 0 Å². The van der Waals surface area contributed by atoms with E-state index in [2.05, 4.69) is 47.5 Å². The lowest BCUT2D eigenvalue weighted by Gasteiger charge is -2.08. The molecule has 2 rings (SSSR count). The van der Waals surface area contributed by atoms with Crippen LogP contribution in [0.4, 0.5) is 5.82 Å². The molecule has 3 nitrogen and oxygen atoms in total. The molecule has 1 aliphatic carbocycles. The molecular weight excluding hydrogens is 322 g/mol. The lowest BCUT2D eigenvalue weighted by Crippen LogP contribution is -2.24. The van der Waals surface area contributed by atoms with Gasteiger partial charge in [0.2, 0.25) is 0 Å². The number of hydrogen-bond donors (Lipinski definition) is 2. The first kappa shape index (κ1) is 11.4. The van der Waals surface area contributed by atoms with Gasteiger partial charge in [0.05, 0.1) is 4.47 Å². The van der Waals surface area contributed by atoms with Crippen LogP contribution in [0.15, 0.2) is 21.2 Å². The van der Waals surface area contributed by atoms with Crippen LogP contribution in [0.25, 0.3) is 0 Å². The third-order valence-electron chi connectivity index (χ3n) is 2.24. The van der Waals surface area contributed by atoms with Crippen LogP contribution in [-0.4, -0.2) is 24.1 Å². The van der Waals surface area contributed by atoms with Gasteiger partial charge in [-0.1, -0.05) is 0 Å². The van der Waals surface area contributed by atoms with Crippen molar-refractivity contribution in [2.24, 2.45) is 0 Å². The van der Waals surface area contributed by atoms with E-state index < -0.39 is 0 Å². The monoisotopic (exact) mass is 333 g/mol. The van der Waals surface area contributed by atoms with Gasteiger partial charge in [0, 0.05) is 29.8 Å². The highest BCUT2D eigenvalue weighted by molar-refractivity contribution is 9.11. The summed E-state index contributed by atoms with van der Waals surface area (Å²) in [6.45, 7) is 1.90. The van der Waals surface area contributed by atoms with Crippen LogP contribution in [0.2, 0.25) is 0 Å². The van der Waals surface area contributed by atoms with E-state index in [-0.39, 0.29) is 0 Å². The third kappa shape index (κ3) is 3.74. The van der Waals surface area contributed by atoms with Gasteiger partial charge in [-0.25, -0.2) is 4.98 Å². The zero-order chi connectivity index (χ0) is 10.7. The minimum Gasteiger partial charge on any atom is -0.368 e. The Morgan fingerprint density at radius 3 is 2.80 bits per heavy atom. The Morgan fingerprint density at radius 1 is 1.33 bits per heavy atom. The quantitative estimate of drug-likeness (QED) is 0.813. The molecule has 0 amide bonds. The summed E-state index contributed by atoms with van der Waals surface area (Å²) in [5.41, 5.74) is 0. The van der Waals surface area contributed by atoms with E-state index in [9.17, 15) is 0 Å². The summed E-state index contributed by atoms with van der Waals surface area (Å²) in [4.78, 5) is 4.28. The molecule has 0 bridgehead atoms. The molecular formula is C10H13Br2N3. The van der Waals surface area contributed by atoms with Crippen molar-refractivity contribution in [1.82, 2.24) is 10.3 Å². The number of anilines is 1. The van der Waals surface area contributed by atoms with Crippen molar-refractivity contribution in [2.75, 3.05) is 18.4 Å². The van der Waals surface area contributed by atoms with Crippen LogP contribution >= 0.6 is 31.9 Å². The zero-order valence-electron chi connectivity index (χ0n) is 8.26. The molecule has 0 spiro atoms. The lowest BCUT2D eigenvalue weighted by atomic mass is 10.4. The van der Waals surface area contributed by atoms with Crippen molar-refractivity contribution in [3.05, 3.63) is 21.2 Å². The summed E-state index contributed by atoms with van der Waals surface area (Å²) < 4.78 is 1.97. The van der Waals surface area contributed by atoms with Gasteiger partial charge in [0.25, 0.3) is 0 Å². The van der Waals surface area contributed by atoms with Crippen molar-refractivity contribution in [3.8, 4) is 0 Å². The first-order valence-corrected chi connectivity index (χ1v) is 6.62.